The quantitative estimate of drug-likeness (QED) is 0.188. The predicted octanol–water partition coefficient (Wildman–Crippen LogP) is 11.6. The molecule has 0 aliphatic heterocycles. The standard InChI is InChI=1S/C45H26N4/c1-2-11-28-25-40-36(24-27(28)10-1)43-42-34-14-5-8-18-39(34)47(41(42)26-35-32-13-4-7-17-38(32)49(40)44(35)43)29-19-21-30(22-20-29)48-37-16-6-3-12-31(37)33-15-9-23-46-45(33)48/h1-26H. The molecule has 0 spiro atoms. The topological polar surface area (TPSA) is 27.2 Å². The third-order valence-corrected chi connectivity index (χ3v) is 10.8. The molecule has 49 heavy (non-hydrogen) atoms. The number of hydrogen-bond donors (Lipinski definition) is 0. The van der Waals surface area contributed by atoms with Crippen LogP contribution in [0.25, 0.3) is 104 Å². The Morgan fingerprint density at radius 3 is 1.73 bits per heavy atom. The maximum atomic E-state index is 4.81. The van der Waals surface area contributed by atoms with E-state index in [9.17, 15) is 0 Å². The van der Waals surface area contributed by atoms with E-state index in [0.29, 0.717) is 0 Å². The lowest BCUT2D eigenvalue weighted by Gasteiger charge is -2.11. The van der Waals surface area contributed by atoms with Crippen LogP contribution in [0.1, 0.15) is 0 Å². The van der Waals surface area contributed by atoms with E-state index in [4.69, 9.17) is 4.98 Å². The monoisotopic (exact) mass is 622 g/mol. The summed E-state index contributed by atoms with van der Waals surface area (Å²) in [7, 11) is 0. The van der Waals surface area contributed by atoms with Gasteiger partial charge in [0.15, 0.2) is 0 Å². The van der Waals surface area contributed by atoms with Crippen molar-refractivity contribution < 1.29 is 0 Å². The number of aromatic nitrogens is 4. The molecule has 5 heterocycles. The molecule has 0 radical (unpaired) electrons. The second-order valence-corrected chi connectivity index (χ2v) is 13.2. The van der Waals surface area contributed by atoms with Crippen molar-refractivity contribution in [1.82, 2.24) is 18.5 Å². The molecule has 0 bridgehead atoms. The van der Waals surface area contributed by atoms with Crippen molar-refractivity contribution in [3.05, 3.63) is 158 Å². The van der Waals surface area contributed by atoms with Crippen LogP contribution >= 0.6 is 0 Å². The lowest BCUT2D eigenvalue weighted by Crippen LogP contribution is -1.98. The van der Waals surface area contributed by atoms with E-state index in [1.54, 1.807) is 0 Å². The van der Waals surface area contributed by atoms with Gasteiger partial charge < -0.3 is 8.97 Å². The zero-order chi connectivity index (χ0) is 31.8. The van der Waals surface area contributed by atoms with Crippen LogP contribution in [0, 0.1) is 0 Å². The molecule has 0 unspecified atom stereocenters. The van der Waals surface area contributed by atoms with Crippen LogP contribution in [0.15, 0.2) is 158 Å². The molecule has 4 nitrogen and oxygen atoms in total. The maximum Gasteiger partial charge on any atom is 0.145 e. The molecule has 5 aromatic heterocycles. The van der Waals surface area contributed by atoms with E-state index in [2.05, 4.69) is 159 Å². The summed E-state index contributed by atoms with van der Waals surface area (Å²) in [6, 6.07) is 55.5. The predicted molar refractivity (Wildman–Crippen MR) is 205 cm³/mol. The number of para-hydroxylation sites is 3. The fourth-order valence-corrected chi connectivity index (χ4v) is 8.78. The highest BCUT2D eigenvalue weighted by Crippen LogP contribution is 2.47. The third-order valence-electron chi connectivity index (χ3n) is 10.8. The van der Waals surface area contributed by atoms with Crippen LogP contribution in [-0.4, -0.2) is 18.5 Å². The second-order valence-electron chi connectivity index (χ2n) is 13.2. The molecule has 12 aromatic rings. The van der Waals surface area contributed by atoms with Crippen LogP contribution in [0.2, 0.25) is 0 Å². The number of pyridine rings is 1. The van der Waals surface area contributed by atoms with E-state index in [-0.39, 0.29) is 0 Å². The Morgan fingerprint density at radius 1 is 0.367 bits per heavy atom. The summed E-state index contributed by atoms with van der Waals surface area (Å²) in [4.78, 5) is 4.81. The zero-order valence-corrected chi connectivity index (χ0v) is 26.3. The van der Waals surface area contributed by atoms with Gasteiger partial charge in [-0.25, -0.2) is 4.98 Å². The van der Waals surface area contributed by atoms with Crippen molar-refractivity contribution in [3.63, 3.8) is 0 Å². The number of nitrogens with zero attached hydrogens (tertiary/aromatic N) is 4. The van der Waals surface area contributed by atoms with Crippen molar-refractivity contribution in [2.24, 2.45) is 0 Å². The normalized spacial score (nSPS) is 12.5. The van der Waals surface area contributed by atoms with Crippen LogP contribution < -0.4 is 0 Å². The molecule has 0 atom stereocenters. The van der Waals surface area contributed by atoms with Crippen LogP contribution in [0.5, 0.6) is 0 Å². The minimum atomic E-state index is 0.973. The van der Waals surface area contributed by atoms with E-state index in [0.717, 1.165) is 22.5 Å². The molecule has 0 N–H and O–H groups in total. The summed E-state index contributed by atoms with van der Waals surface area (Å²) in [6.07, 6.45) is 1.88. The summed E-state index contributed by atoms with van der Waals surface area (Å²) >= 11 is 0. The van der Waals surface area contributed by atoms with Crippen molar-refractivity contribution in [2.45, 2.75) is 0 Å². The first-order valence-electron chi connectivity index (χ1n) is 16.8. The Morgan fingerprint density at radius 2 is 0.959 bits per heavy atom. The van der Waals surface area contributed by atoms with E-state index in [1.165, 1.54) is 81.4 Å². The highest BCUT2D eigenvalue weighted by atomic mass is 15.0. The first kappa shape index (κ1) is 25.4. The smallest absolute Gasteiger partial charge is 0.145 e. The second kappa shape index (κ2) is 9.03. The molecule has 0 aliphatic rings. The summed E-state index contributed by atoms with van der Waals surface area (Å²) in [6.45, 7) is 0. The van der Waals surface area contributed by atoms with Gasteiger partial charge in [0.05, 0.1) is 33.1 Å². The number of hydrogen-bond acceptors (Lipinski definition) is 1. The van der Waals surface area contributed by atoms with E-state index >= 15 is 0 Å². The molecule has 0 aliphatic carbocycles. The van der Waals surface area contributed by atoms with Gasteiger partial charge in [-0.3, -0.25) is 4.57 Å². The van der Waals surface area contributed by atoms with Gasteiger partial charge in [0.25, 0.3) is 0 Å². The Balaban J connectivity index is 1.20. The largest absolute Gasteiger partial charge is 0.309 e. The van der Waals surface area contributed by atoms with Crippen molar-refractivity contribution in [3.8, 4) is 11.4 Å². The molecule has 0 fully saturated rings. The van der Waals surface area contributed by atoms with Crippen LogP contribution in [0.3, 0.4) is 0 Å². The van der Waals surface area contributed by atoms with Crippen LogP contribution in [-0.2, 0) is 0 Å². The minimum absolute atomic E-state index is 0.973. The maximum absolute atomic E-state index is 4.81. The van der Waals surface area contributed by atoms with E-state index in [1.807, 2.05) is 12.3 Å². The molecule has 0 saturated carbocycles. The molecular weight excluding hydrogens is 597 g/mol. The van der Waals surface area contributed by atoms with E-state index < -0.39 is 0 Å². The lowest BCUT2D eigenvalue weighted by atomic mass is 10.0. The van der Waals surface area contributed by atoms with Gasteiger partial charge >= 0.3 is 0 Å². The minimum Gasteiger partial charge on any atom is -0.309 e. The molecule has 7 aromatic carbocycles. The number of fused-ring (bicyclic) bond motifs is 14. The number of rotatable bonds is 2. The van der Waals surface area contributed by atoms with Crippen LogP contribution in [0.4, 0.5) is 0 Å². The Bertz CT molecular complexity index is 3270. The van der Waals surface area contributed by atoms with Gasteiger partial charge in [0.1, 0.15) is 5.65 Å². The fraction of sp³-hybridized carbons (Fsp3) is 0. The van der Waals surface area contributed by atoms with Gasteiger partial charge in [-0.05, 0) is 83.6 Å². The molecule has 0 amide bonds. The first-order valence-corrected chi connectivity index (χ1v) is 16.8. The fourth-order valence-electron chi connectivity index (χ4n) is 8.78. The summed E-state index contributed by atoms with van der Waals surface area (Å²) in [5.74, 6) is 0. The van der Waals surface area contributed by atoms with Crippen molar-refractivity contribution in [2.75, 3.05) is 0 Å². The average Bonchev–Trinajstić information content (AvgIpc) is 3.88. The lowest BCUT2D eigenvalue weighted by molar-refractivity contribution is 1.12. The highest BCUT2D eigenvalue weighted by Gasteiger charge is 2.24. The molecule has 12 rings (SSSR count). The summed E-state index contributed by atoms with van der Waals surface area (Å²) < 4.78 is 7.24. The number of benzene rings is 7. The van der Waals surface area contributed by atoms with Gasteiger partial charge in [-0.2, -0.15) is 0 Å². The van der Waals surface area contributed by atoms with Crippen molar-refractivity contribution in [1.29, 1.82) is 0 Å². The molecule has 4 heteroatoms. The molecular formula is C45H26N4. The van der Waals surface area contributed by atoms with Gasteiger partial charge in [-0.1, -0.05) is 78.9 Å². The SMILES string of the molecule is c1ccc2cc3c(cc2c1)c1c2c4ccccc4n(-c4ccc(-n5c6ccccc6c6cccnc65)cc4)c2cc2c4ccccc4n3c21. The molecule has 226 valence electrons. The Hall–Kier alpha value is -6.65. The van der Waals surface area contributed by atoms with Crippen molar-refractivity contribution >= 4 is 92.6 Å². The summed E-state index contributed by atoms with van der Waals surface area (Å²) in [5.41, 5.74) is 10.6. The first-order chi connectivity index (χ1) is 24.3. The summed E-state index contributed by atoms with van der Waals surface area (Å²) in [5, 5.41) is 12.7. The Kier molecular flexibility index (Phi) is 4.69. The van der Waals surface area contributed by atoms with Gasteiger partial charge in [-0.15, -0.1) is 0 Å². The third kappa shape index (κ3) is 3.16. The van der Waals surface area contributed by atoms with Gasteiger partial charge in [0.2, 0.25) is 0 Å². The Labute approximate surface area is 279 Å². The van der Waals surface area contributed by atoms with Gasteiger partial charge in [0, 0.05) is 60.7 Å². The zero-order valence-electron chi connectivity index (χ0n) is 26.3. The highest BCUT2D eigenvalue weighted by molar-refractivity contribution is 6.36. The molecule has 0 saturated heterocycles. The average molecular weight is 623 g/mol.